The smallest absolute Gasteiger partial charge is 0.334 e. The van der Waals surface area contributed by atoms with Crippen molar-refractivity contribution in [2.24, 2.45) is 0 Å². The highest BCUT2D eigenvalue weighted by Gasteiger charge is 2.10. The van der Waals surface area contributed by atoms with Crippen molar-refractivity contribution in [3.8, 4) is 0 Å². The first-order valence-corrected chi connectivity index (χ1v) is 9.46. The first-order valence-electron chi connectivity index (χ1n) is 8.38. The molecule has 3 rings (SSSR count). The Morgan fingerprint density at radius 1 is 0.778 bits per heavy atom. The van der Waals surface area contributed by atoms with Gasteiger partial charge >= 0.3 is 5.69 Å². The fourth-order valence-corrected chi connectivity index (χ4v) is 3.12. The Morgan fingerprint density at radius 3 is 1.85 bits per heavy atom. The molecule has 0 spiro atoms. The summed E-state index contributed by atoms with van der Waals surface area (Å²) in [6, 6.07) is 19.3. The average Bonchev–Trinajstić information content (AvgIpc) is 2.70. The van der Waals surface area contributed by atoms with Crippen LogP contribution in [0.4, 0.5) is 0 Å². The summed E-state index contributed by atoms with van der Waals surface area (Å²) >= 11 is 1.91. The minimum Gasteiger partial charge on any atom is -0.356 e. The van der Waals surface area contributed by atoms with E-state index < -0.39 is 5.69 Å². The average molecular weight is 478 g/mol. The molecular formula is C20H19IN2O4. The fourth-order valence-electron chi connectivity index (χ4n) is 2.49. The van der Waals surface area contributed by atoms with Gasteiger partial charge in [0.15, 0.2) is 0 Å². The van der Waals surface area contributed by atoms with E-state index in [0.717, 1.165) is 15.7 Å². The Labute approximate surface area is 170 Å². The third-order valence-corrected chi connectivity index (χ3v) is 4.61. The summed E-state index contributed by atoms with van der Waals surface area (Å²) in [5.74, 6) is 0. The predicted molar refractivity (Wildman–Crippen MR) is 110 cm³/mol. The molecular weight excluding hydrogens is 459 g/mol. The molecule has 27 heavy (non-hydrogen) atoms. The third kappa shape index (κ3) is 5.38. The molecule has 1 heterocycles. The zero-order valence-corrected chi connectivity index (χ0v) is 16.7. The second-order valence-electron chi connectivity index (χ2n) is 5.89. The van der Waals surface area contributed by atoms with E-state index in [1.165, 1.54) is 10.8 Å². The number of hydrogen-bond acceptors (Lipinski definition) is 4. The number of halogens is 1. The van der Waals surface area contributed by atoms with E-state index in [4.69, 9.17) is 9.47 Å². The van der Waals surface area contributed by atoms with Crippen LogP contribution in [0.2, 0.25) is 0 Å². The van der Waals surface area contributed by atoms with Crippen LogP contribution in [0.1, 0.15) is 11.1 Å². The van der Waals surface area contributed by atoms with Gasteiger partial charge in [-0.2, -0.15) is 0 Å². The zero-order valence-electron chi connectivity index (χ0n) is 14.6. The maximum Gasteiger partial charge on any atom is 0.334 e. The number of ether oxygens (including phenoxy) is 2. The van der Waals surface area contributed by atoms with Gasteiger partial charge in [0.1, 0.15) is 13.5 Å². The van der Waals surface area contributed by atoms with Crippen molar-refractivity contribution in [3.63, 3.8) is 0 Å². The quantitative estimate of drug-likeness (QED) is 0.468. The van der Waals surface area contributed by atoms with Gasteiger partial charge in [0, 0.05) is 6.20 Å². The number of benzene rings is 2. The summed E-state index contributed by atoms with van der Waals surface area (Å²) in [6.07, 6.45) is 1.50. The lowest BCUT2D eigenvalue weighted by molar-refractivity contribution is 0.0438. The minimum absolute atomic E-state index is 0.0582. The highest BCUT2D eigenvalue weighted by molar-refractivity contribution is 14.1. The third-order valence-electron chi connectivity index (χ3n) is 3.87. The molecule has 0 N–H and O–H groups in total. The van der Waals surface area contributed by atoms with Crippen LogP contribution >= 0.6 is 22.6 Å². The van der Waals surface area contributed by atoms with Gasteiger partial charge in [-0.05, 0) is 33.7 Å². The van der Waals surface area contributed by atoms with Gasteiger partial charge in [0.05, 0.1) is 16.8 Å². The summed E-state index contributed by atoms with van der Waals surface area (Å²) in [5, 5.41) is 0. The molecule has 0 saturated heterocycles. The van der Waals surface area contributed by atoms with Gasteiger partial charge in [-0.25, -0.2) is 9.36 Å². The van der Waals surface area contributed by atoms with E-state index in [1.807, 2.05) is 83.3 Å². The second-order valence-corrected chi connectivity index (χ2v) is 7.05. The van der Waals surface area contributed by atoms with Crippen molar-refractivity contribution < 1.29 is 9.47 Å². The first kappa shape index (κ1) is 19.5. The van der Waals surface area contributed by atoms with E-state index in [2.05, 4.69) is 0 Å². The van der Waals surface area contributed by atoms with E-state index in [9.17, 15) is 9.59 Å². The van der Waals surface area contributed by atoms with Gasteiger partial charge in [-0.3, -0.25) is 9.36 Å². The van der Waals surface area contributed by atoms with E-state index >= 15 is 0 Å². The highest BCUT2D eigenvalue weighted by Crippen LogP contribution is 2.03. The Kier molecular flexibility index (Phi) is 6.97. The number of rotatable bonds is 8. The molecule has 140 valence electrons. The normalized spacial score (nSPS) is 10.9. The van der Waals surface area contributed by atoms with Crippen LogP contribution in [0.5, 0.6) is 0 Å². The fraction of sp³-hybridized carbons (Fsp3) is 0.200. The second kappa shape index (κ2) is 9.63. The van der Waals surface area contributed by atoms with Crippen LogP contribution < -0.4 is 11.2 Å². The molecule has 0 unspecified atom stereocenters. The van der Waals surface area contributed by atoms with Crippen molar-refractivity contribution >= 4 is 22.6 Å². The molecule has 0 aliphatic carbocycles. The summed E-state index contributed by atoms with van der Waals surface area (Å²) in [5.41, 5.74) is 1.16. The maximum absolute atomic E-state index is 12.6. The monoisotopic (exact) mass is 478 g/mol. The summed E-state index contributed by atoms with van der Waals surface area (Å²) in [7, 11) is 0. The molecule has 0 aliphatic rings. The van der Waals surface area contributed by atoms with Gasteiger partial charge in [-0.1, -0.05) is 60.7 Å². The number of nitrogens with zero attached hydrogens (tertiary/aromatic N) is 2. The van der Waals surface area contributed by atoms with Crippen molar-refractivity contribution in [1.82, 2.24) is 9.13 Å². The largest absolute Gasteiger partial charge is 0.356 e. The van der Waals surface area contributed by atoms with Gasteiger partial charge in [0.25, 0.3) is 5.56 Å². The van der Waals surface area contributed by atoms with Crippen LogP contribution in [0.15, 0.2) is 76.4 Å². The minimum atomic E-state index is -0.457. The van der Waals surface area contributed by atoms with E-state index in [0.29, 0.717) is 16.8 Å². The lowest BCUT2D eigenvalue weighted by Crippen LogP contribution is -2.41. The molecule has 3 aromatic rings. The summed E-state index contributed by atoms with van der Waals surface area (Å²) in [4.78, 5) is 24.9. The molecule has 0 atom stereocenters. The molecule has 6 nitrogen and oxygen atoms in total. The lowest BCUT2D eigenvalue weighted by Gasteiger charge is -2.12. The first-order chi connectivity index (χ1) is 13.1. The molecule has 7 heteroatoms. The molecule has 0 amide bonds. The van der Waals surface area contributed by atoms with Crippen LogP contribution in [0, 0.1) is 3.57 Å². The lowest BCUT2D eigenvalue weighted by atomic mass is 10.2. The van der Waals surface area contributed by atoms with Crippen LogP contribution in [0.3, 0.4) is 0 Å². The van der Waals surface area contributed by atoms with Crippen LogP contribution in [-0.4, -0.2) is 9.13 Å². The summed E-state index contributed by atoms with van der Waals surface area (Å²) in [6.45, 7) is 0.654. The molecule has 2 aromatic carbocycles. The Balaban J connectivity index is 1.67. The van der Waals surface area contributed by atoms with Gasteiger partial charge in [0.2, 0.25) is 0 Å². The molecule has 0 saturated carbocycles. The molecule has 0 aliphatic heterocycles. The topological polar surface area (TPSA) is 62.5 Å². The van der Waals surface area contributed by atoms with Crippen molar-refractivity contribution in [3.05, 3.63) is 102 Å². The maximum atomic E-state index is 12.6. The number of aromatic nitrogens is 2. The molecule has 0 fully saturated rings. The van der Waals surface area contributed by atoms with E-state index in [-0.39, 0.29) is 19.0 Å². The predicted octanol–water partition coefficient (Wildman–Crippen LogP) is 2.96. The Hall–Kier alpha value is -2.23. The van der Waals surface area contributed by atoms with Crippen LogP contribution in [0.25, 0.3) is 0 Å². The molecule has 1 aromatic heterocycles. The standard InChI is InChI=1S/C20H19IN2O4/c21-18-11-22(14-26-12-16-7-3-1-4-8-16)20(25)23(19(18)24)15-27-13-17-9-5-2-6-10-17/h1-11H,12-15H2. The van der Waals surface area contributed by atoms with Crippen molar-refractivity contribution in [2.75, 3.05) is 0 Å². The molecule has 0 bridgehead atoms. The van der Waals surface area contributed by atoms with Crippen molar-refractivity contribution in [1.29, 1.82) is 0 Å². The van der Waals surface area contributed by atoms with Gasteiger partial charge in [-0.15, -0.1) is 0 Å². The zero-order chi connectivity index (χ0) is 19.1. The molecule has 0 radical (unpaired) electrons. The summed E-state index contributed by atoms with van der Waals surface area (Å²) < 4.78 is 14.1. The SMILES string of the molecule is O=c1c(I)cn(COCc2ccccc2)c(=O)n1COCc1ccccc1. The number of hydrogen-bond donors (Lipinski definition) is 0. The van der Waals surface area contributed by atoms with E-state index in [1.54, 1.807) is 0 Å². The van der Waals surface area contributed by atoms with Gasteiger partial charge < -0.3 is 9.47 Å². The highest BCUT2D eigenvalue weighted by atomic mass is 127. The Bertz CT molecular complexity index is 984. The Morgan fingerprint density at radius 2 is 1.30 bits per heavy atom. The van der Waals surface area contributed by atoms with Crippen LogP contribution in [-0.2, 0) is 36.1 Å². The van der Waals surface area contributed by atoms with Crippen molar-refractivity contribution in [2.45, 2.75) is 26.7 Å².